The normalized spacial score (nSPS) is 11.3. The van der Waals surface area contributed by atoms with Gasteiger partial charge in [0.25, 0.3) is 5.91 Å². The maximum atomic E-state index is 12.4. The molecule has 1 amide bonds. The van der Waals surface area contributed by atoms with Crippen LogP contribution in [0.5, 0.6) is 0 Å². The van der Waals surface area contributed by atoms with Crippen molar-refractivity contribution in [2.75, 3.05) is 16.3 Å². The second kappa shape index (κ2) is 5.73. The van der Waals surface area contributed by atoms with Crippen LogP contribution in [0.25, 0.3) is 10.9 Å². The predicted molar refractivity (Wildman–Crippen MR) is 89.0 cm³/mol. The Hall–Kier alpha value is -2.87. The predicted octanol–water partition coefficient (Wildman–Crippen LogP) is 2.19. The van der Waals surface area contributed by atoms with Crippen LogP contribution in [0.3, 0.4) is 0 Å². The zero-order valence-electron chi connectivity index (χ0n) is 12.2. The summed E-state index contributed by atoms with van der Waals surface area (Å²) in [6, 6.07) is 11.8. The molecule has 1 aromatic heterocycles. The third-order valence-corrected chi connectivity index (χ3v) is 3.77. The topological polar surface area (TPSA) is 104 Å². The number of carbonyl (C=O) groups excluding carboxylic acids is 1. The number of aromatic nitrogens is 2. The van der Waals surface area contributed by atoms with Crippen LogP contribution in [0.15, 0.2) is 48.7 Å². The molecule has 0 aliphatic carbocycles. The largest absolute Gasteiger partial charge is 0.322 e. The van der Waals surface area contributed by atoms with Gasteiger partial charge in [0.2, 0.25) is 10.0 Å². The van der Waals surface area contributed by atoms with Crippen LogP contribution in [-0.2, 0) is 10.0 Å². The van der Waals surface area contributed by atoms with E-state index >= 15 is 0 Å². The number of sulfonamides is 1. The van der Waals surface area contributed by atoms with E-state index in [9.17, 15) is 13.2 Å². The van der Waals surface area contributed by atoms with Crippen molar-refractivity contribution in [2.24, 2.45) is 0 Å². The number of H-pyrrole nitrogens is 1. The number of benzene rings is 2. The summed E-state index contributed by atoms with van der Waals surface area (Å²) in [7, 11) is -3.32. The lowest BCUT2D eigenvalue weighted by Gasteiger charge is -2.08. The second-order valence-corrected chi connectivity index (χ2v) is 6.79. The lowest BCUT2D eigenvalue weighted by Crippen LogP contribution is -2.13. The molecule has 1 heterocycles. The van der Waals surface area contributed by atoms with Gasteiger partial charge in [-0.15, -0.1) is 0 Å². The van der Waals surface area contributed by atoms with Gasteiger partial charge in [-0.05, 0) is 30.3 Å². The van der Waals surface area contributed by atoms with E-state index in [4.69, 9.17) is 0 Å². The number of hydrogen-bond acceptors (Lipinski definition) is 4. The quantitative estimate of drug-likeness (QED) is 0.682. The van der Waals surface area contributed by atoms with Crippen LogP contribution in [-0.4, -0.2) is 30.8 Å². The van der Waals surface area contributed by atoms with Crippen molar-refractivity contribution < 1.29 is 13.2 Å². The molecular weight excluding hydrogens is 316 g/mol. The van der Waals surface area contributed by atoms with Gasteiger partial charge in [0, 0.05) is 16.8 Å². The first kappa shape index (κ1) is 15.0. The Morgan fingerprint density at radius 1 is 1.09 bits per heavy atom. The van der Waals surface area contributed by atoms with Gasteiger partial charge in [0.1, 0.15) is 0 Å². The van der Waals surface area contributed by atoms with E-state index in [0.29, 0.717) is 22.5 Å². The van der Waals surface area contributed by atoms with E-state index in [2.05, 4.69) is 20.2 Å². The summed E-state index contributed by atoms with van der Waals surface area (Å²) >= 11 is 0. The monoisotopic (exact) mass is 330 g/mol. The molecule has 0 radical (unpaired) electrons. The maximum absolute atomic E-state index is 12.4. The van der Waals surface area contributed by atoms with Gasteiger partial charge in [-0.2, -0.15) is 5.10 Å². The Morgan fingerprint density at radius 2 is 1.78 bits per heavy atom. The summed E-state index contributed by atoms with van der Waals surface area (Å²) in [5, 5.41) is 10.3. The molecule has 3 aromatic rings. The van der Waals surface area contributed by atoms with E-state index in [0.717, 1.165) is 11.6 Å². The summed E-state index contributed by atoms with van der Waals surface area (Å²) in [6.07, 6.45) is 2.73. The summed E-state index contributed by atoms with van der Waals surface area (Å²) in [5.74, 6) is -0.274. The highest BCUT2D eigenvalue weighted by Crippen LogP contribution is 2.19. The fourth-order valence-electron chi connectivity index (χ4n) is 2.19. The first-order valence-corrected chi connectivity index (χ1v) is 8.63. The van der Waals surface area contributed by atoms with E-state index in [1.807, 2.05) is 6.07 Å². The molecule has 3 rings (SSSR count). The Kier molecular flexibility index (Phi) is 3.75. The summed E-state index contributed by atoms with van der Waals surface area (Å²) in [4.78, 5) is 12.4. The molecule has 0 aliphatic heterocycles. The van der Waals surface area contributed by atoms with Crippen LogP contribution in [0, 0.1) is 0 Å². The fourth-order valence-corrected chi connectivity index (χ4v) is 2.76. The number of nitrogens with zero attached hydrogens (tertiary/aromatic N) is 1. The lowest BCUT2D eigenvalue weighted by atomic mass is 10.1. The van der Waals surface area contributed by atoms with Gasteiger partial charge in [-0.25, -0.2) is 8.42 Å². The summed E-state index contributed by atoms with van der Waals surface area (Å²) in [6.45, 7) is 0. The molecular formula is C15H14N4O3S. The van der Waals surface area contributed by atoms with Crippen LogP contribution in [0.2, 0.25) is 0 Å². The van der Waals surface area contributed by atoms with Crippen LogP contribution in [0.1, 0.15) is 10.4 Å². The van der Waals surface area contributed by atoms with Gasteiger partial charge in [-0.3, -0.25) is 14.6 Å². The number of hydrogen-bond donors (Lipinski definition) is 3. The molecule has 0 saturated heterocycles. The zero-order valence-corrected chi connectivity index (χ0v) is 13.0. The van der Waals surface area contributed by atoms with Crippen molar-refractivity contribution in [3.8, 4) is 0 Å². The van der Waals surface area contributed by atoms with Gasteiger partial charge >= 0.3 is 0 Å². The number of carbonyl (C=O) groups is 1. The molecule has 23 heavy (non-hydrogen) atoms. The number of nitrogens with one attached hydrogen (secondary N) is 3. The molecule has 118 valence electrons. The number of amides is 1. The number of fused-ring (bicyclic) bond motifs is 1. The van der Waals surface area contributed by atoms with E-state index < -0.39 is 10.0 Å². The molecule has 3 N–H and O–H groups in total. The van der Waals surface area contributed by atoms with Crippen molar-refractivity contribution in [1.29, 1.82) is 0 Å². The van der Waals surface area contributed by atoms with Crippen LogP contribution < -0.4 is 10.0 Å². The maximum Gasteiger partial charge on any atom is 0.257 e. The SMILES string of the molecule is CS(=O)(=O)Nc1ccc(NC(=O)c2cccc3cn[nH]c23)cc1. The molecule has 0 aliphatic rings. The van der Waals surface area contributed by atoms with E-state index in [1.54, 1.807) is 42.6 Å². The third kappa shape index (κ3) is 3.49. The minimum atomic E-state index is -3.32. The van der Waals surface area contributed by atoms with E-state index in [1.165, 1.54) is 0 Å². The minimum Gasteiger partial charge on any atom is -0.322 e. The number of aromatic amines is 1. The molecule has 8 heteroatoms. The molecule has 0 saturated carbocycles. The average Bonchev–Trinajstić information content (AvgIpc) is 2.96. The molecule has 7 nitrogen and oxygen atoms in total. The van der Waals surface area contributed by atoms with Gasteiger partial charge < -0.3 is 5.32 Å². The minimum absolute atomic E-state index is 0.274. The standard InChI is InChI=1S/C15H14N4O3S/c1-23(21,22)19-12-7-5-11(6-8-12)17-15(20)13-4-2-3-10-9-16-18-14(10)13/h2-9,19H,1H3,(H,16,18)(H,17,20). The van der Waals surface area contributed by atoms with Crippen molar-refractivity contribution in [3.05, 3.63) is 54.2 Å². The second-order valence-electron chi connectivity index (χ2n) is 5.05. The number of rotatable bonds is 4. The molecule has 0 unspecified atom stereocenters. The van der Waals surface area contributed by atoms with Gasteiger partial charge in [0.15, 0.2) is 0 Å². The highest BCUT2D eigenvalue weighted by Gasteiger charge is 2.11. The van der Waals surface area contributed by atoms with Crippen molar-refractivity contribution >= 4 is 38.2 Å². The molecule has 2 aromatic carbocycles. The van der Waals surface area contributed by atoms with Crippen molar-refractivity contribution in [2.45, 2.75) is 0 Å². The zero-order chi connectivity index (χ0) is 16.4. The Morgan fingerprint density at radius 3 is 2.48 bits per heavy atom. The van der Waals surface area contributed by atoms with Crippen LogP contribution >= 0.6 is 0 Å². The number of anilines is 2. The van der Waals surface area contributed by atoms with Gasteiger partial charge in [-0.1, -0.05) is 12.1 Å². The van der Waals surface area contributed by atoms with Crippen LogP contribution in [0.4, 0.5) is 11.4 Å². The highest BCUT2D eigenvalue weighted by atomic mass is 32.2. The van der Waals surface area contributed by atoms with E-state index in [-0.39, 0.29) is 5.91 Å². The highest BCUT2D eigenvalue weighted by molar-refractivity contribution is 7.92. The molecule has 0 atom stereocenters. The fraction of sp³-hybridized carbons (Fsp3) is 0.0667. The number of para-hydroxylation sites is 1. The smallest absolute Gasteiger partial charge is 0.257 e. The molecule has 0 spiro atoms. The van der Waals surface area contributed by atoms with Gasteiger partial charge in [0.05, 0.1) is 23.5 Å². The first-order chi connectivity index (χ1) is 10.9. The Balaban J connectivity index is 1.79. The molecule has 0 fully saturated rings. The summed E-state index contributed by atoms with van der Waals surface area (Å²) < 4.78 is 24.7. The summed E-state index contributed by atoms with van der Waals surface area (Å²) in [5.41, 5.74) is 2.14. The molecule has 0 bridgehead atoms. The van der Waals surface area contributed by atoms with Crippen molar-refractivity contribution in [1.82, 2.24) is 10.2 Å². The average molecular weight is 330 g/mol. The third-order valence-electron chi connectivity index (χ3n) is 3.17. The first-order valence-electron chi connectivity index (χ1n) is 6.74. The van der Waals surface area contributed by atoms with Crippen molar-refractivity contribution in [3.63, 3.8) is 0 Å². The Bertz CT molecular complexity index is 962. The lowest BCUT2D eigenvalue weighted by molar-refractivity contribution is 0.102. The Labute approximate surface area is 132 Å².